The molecule has 1 heterocycles. The highest BCUT2D eigenvalue weighted by atomic mass is 16.5. The number of esters is 1. The number of nitrogens with zero attached hydrogens (tertiary/aromatic N) is 2. The maximum Gasteiger partial charge on any atom is 0.337 e. The van der Waals surface area contributed by atoms with Crippen LogP contribution in [0.15, 0.2) is 54.6 Å². The number of fused-ring (bicyclic) bond motifs is 3. The minimum absolute atomic E-state index is 0.251. The molecule has 0 aliphatic heterocycles. The lowest BCUT2D eigenvalue weighted by Crippen LogP contribution is -2.48. The van der Waals surface area contributed by atoms with Crippen molar-refractivity contribution in [3.05, 3.63) is 71.6 Å². The van der Waals surface area contributed by atoms with Gasteiger partial charge in [-0.1, -0.05) is 36.4 Å². The van der Waals surface area contributed by atoms with Crippen molar-refractivity contribution in [3.8, 4) is 0 Å². The fourth-order valence-corrected chi connectivity index (χ4v) is 5.87. The van der Waals surface area contributed by atoms with Crippen molar-refractivity contribution < 1.29 is 14.6 Å². The molecule has 3 atom stereocenters. The average Bonchev–Trinajstić information content (AvgIpc) is 3.30. The van der Waals surface area contributed by atoms with E-state index >= 15 is 0 Å². The molecule has 2 bridgehead atoms. The number of benzene rings is 2. The van der Waals surface area contributed by atoms with E-state index in [1.165, 1.54) is 24.7 Å². The van der Waals surface area contributed by atoms with Gasteiger partial charge in [0.05, 0.1) is 29.3 Å². The molecule has 6 rings (SSSR count). The first-order valence-corrected chi connectivity index (χ1v) is 12.7. The Balaban J connectivity index is 1.12. The Kier molecular flexibility index (Phi) is 6.76. The Morgan fingerprint density at radius 3 is 2.77 bits per heavy atom. The van der Waals surface area contributed by atoms with Crippen molar-refractivity contribution >= 4 is 22.6 Å². The van der Waals surface area contributed by atoms with Crippen LogP contribution in [0.2, 0.25) is 0 Å². The number of allylic oxidation sites excluding steroid dienone is 1. The number of aliphatic hydroxyl groups is 1. The average molecular weight is 474 g/mol. The van der Waals surface area contributed by atoms with Gasteiger partial charge in [-0.05, 0) is 81.0 Å². The van der Waals surface area contributed by atoms with Gasteiger partial charge < -0.3 is 19.7 Å². The molecule has 0 saturated heterocycles. The van der Waals surface area contributed by atoms with Gasteiger partial charge in [-0.3, -0.25) is 0 Å². The summed E-state index contributed by atoms with van der Waals surface area (Å²) < 4.78 is 4.80. The Labute approximate surface area is 207 Å². The van der Waals surface area contributed by atoms with Crippen LogP contribution in [0.4, 0.5) is 0 Å². The Morgan fingerprint density at radius 1 is 1.20 bits per heavy atom. The fraction of sp³-hybridized carbons (Fsp3) is 0.448. The molecule has 0 unspecified atom stereocenters. The molecule has 1 fully saturated rings. The summed E-state index contributed by atoms with van der Waals surface area (Å²) in [6.07, 6.45) is 8.13. The van der Waals surface area contributed by atoms with Gasteiger partial charge in [-0.15, -0.1) is 0 Å². The lowest BCUT2D eigenvalue weighted by Gasteiger charge is -2.48. The molecule has 1 aromatic heterocycles. The normalized spacial score (nSPS) is 23.6. The predicted molar refractivity (Wildman–Crippen MR) is 138 cm³/mol. The molecule has 0 amide bonds. The lowest BCUT2D eigenvalue weighted by molar-refractivity contribution is -0.0574. The van der Waals surface area contributed by atoms with Crippen LogP contribution in [0, 0.1) is 11.8 Å². The molecule has 0 spiro atoms. The molecule has 184 valence electrons. The van der Waals surface area contributed by atoms with Gasteiger partial charge >= 0.3 is 5.97 Å². The highest BCUT2D eigenvalue weighted by Gasteiger charge is 2.46. The summed E-state index contributed by atoms with van der Waals surface area (Å²) in [5.41, 5.74) is 4.38. The predicted octanol–water partition coefficient (Wildman–Crippen LogP) is 4.85. The summed E-state index contributed by atoms with van der Waals surface area (Å²) >= 11 is 0. The van der Waals surface area contributed by atoms with Crippen LogP contribution >= 0.6 is 0 Å². The largest absolute Gasteiger partial charge is 0.465 e. The highest BCUT2D eigenvalue weighted by molar-refractivity contribution is 5.93. The fourth-order valence-electron chi connectivity index (χ4n) is 5.87. The SMILES string of the molecule is COC(=O)c1ccc2[nH]c(CCCN(C)CC[C@@]3(O)C[C@@H]4CC[C@H]3C=C4c3ccccc3)nc2c1. The van der Waals surface area contributed by atoms with Crippen molar-refractivity contribution in [2.24, 2.45) is 11.8 Å². The number of ether oxygens (including phenoxy) is 1. The van der Waals surface area contributed by atoms with Crippen molar-refractivity contribution in [1.29, 1.82) is 0 Å². The first-order valence-electron chi connectivity index (χ1n) is 12.7. The molecule has 3 aliphatic rings. The molecule has 3 aliphatic carbocycles. The van der Waals surface area contributed by atoms with Crippen molar-refractivity contribution in [3.63, 3.8) is 0 Å². The second-order valence-corrected chi connectivity index (χ2v) is 10.2. The summed E-state index contributed by atoms with van der Waals surface area (Å²) in [5, 5.41) is 11.5. The topological polar surface area (TPSA) is 78.5 Å². The molecular formula is C29H35N3O3. The number of aromatic nitrogens is 2. The molecular weight excluding hydrogens is 438 g/mol. The van der Waals surface area contributed by atoms with Gasteiger partial charge in [0.15, 0.2) is 0 Å². The summed E-state index contributed by atoms with van der Waals surface area (Å²) in [6, 6.07) is 16.1. The smallest absolute Gasteiger partial charge is 0.337 e. The number of methoxy groups -OCH3 is 1. The maximum atomic E-state index is 11.7. The van der Waals surface area contributed by atoms with E-state index in [2.05, 4.69) is 58.3 Å². The van der Waals surface area contributed by atoms with E-state index in [9.17, 15) is 9.90 Å². The van der Waals surface area contributed by atoms with E-state index in [1.807, 2.05) is 6.07 Å². The van der Waals surface area contributed by atoms with Gasteiger partial charge in [0, 0.05) is 18.9 Å². The third-order valence-corrected chi connectivity index (χ3v) is 7.88. The van der Waals surface area contributed by atoms with Crippen molar-refractivity contribution in [2.75, 3.05) is 27.2 Å². The van der Waals surface area contributed by atoms with Crippen LogP contribution in [-0.2, 0) is 11.2 Å². The van der Waals surface area contributed by atoms with Crippen LogP contribution in [0.3, 0.4) is 0 Å². The monoisotopic (exact) mass is 473 g/mol. The molecule has 35 heavy (non-hydrogen) atoms. The Hall–Kier alpha value is -2.96. The Bertz CT molecular complexity index is 1220. The number of rotatable bonds is 9. The number of carbonyl (C=O) groups excluding carboxylic acids is 1. The van der Waals surface area contributed by atoms with Gasteiger partial charge in [0.1, 0.15) is 5.82 Å². The molecule has 1 saturated carbocycles. The number of carbonyl (C=O) groups is 1. The zero-order valence-corrected chi connectivity index (χ0v) is 20.7. The van der Waals surface area contributed by atoms with E-state index in [-0.39, 0.29) is 11.9 Å². The number of H-pyrrole nitrogens is 1. The van der Waals surface area contributed by atoms with Gasteiger partial charge in [0.25, 0.3) is 0 Å². The molecule has 0 radical (unpaired) electrons. The van der Waals surface area contributed by atoms with E-state index in [0.717, 1.165) is 62.1 Å². The lowest BCUT2D eigenvalue weighted by atomic mass is 9.61. The summed E-state index contributed by atoms with van der Waals surface area (Å²) in [6.45, 7) is 1.83. The van der Waals surface area contributed by atoms with Crippen LogP contribution in [-0.4, -0.2) is 58.8 Å². The first kappa shape index (κ1) is 23.8. The molecule has 3 aromatic rings. The summed E-state index contributed by atoms with van der Waals surface area (Å²) in [4.78, 5) is 22.1. The quantitative estimate of drug-likeness (QED) is 0.435. The van der Waals surface area contributed by atoms with E-state index < -0.39 is 5.60 Å². The molecule has 2 aromatic carbocycles. The number of aromatic amines is 1. The van der Waals surface area contributed by atoms with Gasteiger partial charge in [-0.2, -0.15) is 0 Å². The minimum atomic E-state index is -0.592. The minimum Gasteiger partial charge on any atom is -0.465 e. The maximum absolute atomic E-state index is 11.7. The van der Waals surface area contributed by atoms with E-state index in [0.29, 0.717) is 11.5 Å². The van der Waals surface area contributed by atoms with E-state index in [1.54, 1.807) is 12.1 Å². The van der Waals surface area contributed by atoms with Crippen LogP contribution in [0.1, 0.15) is 53.8 Å². The highest BCUT2D eigenvalue weighted by Crippen LogP contribution is 2.51. The van der Waals surface area contributed by atoms with E-state index in [4.69, 9.17) is 4.74 Å². The van der Waals surface area contributed by atoms with Crippen molar-refractivity contribution in [2.45, 2.75) is 44.1 Å². The second-order valence-electron chi connectivity index (χ2n) is 10.2. The zero-order chi connectivity index (χ0) is 24.4. The third-order valence-electron chi connectivity index (χ3n) is 7.88. The zero-order valence-electron chi connectivity index (χ0n) is 20.7. The molecule has 6 nitrogen and oxygen atoms in total. The number of imidazole rings is 1. The summed E-state index contributed by atoms with van der Waals surface area (Å²) in [5.74, 6) is 1.29. The third kappa shape index (κ3) is 5.04. The van der Waals surface area contributed by atoms with Crippen molar-refractivity contribution in [1.82, 2.24) is 14.9 Å². The van der Waals surface area contributed by atoms with Crippen LogP contribution in [0.25, 0.3) is 16.6 Å². The number of nitrogens with one attached hydrogen (secondary N) is 1. The van der Waals surface area contributed by atoms with Gasteiger partial charge in [-0.25, -0.2) is 9.78 Å². The first-order chi connectivity index (χ1) is 16.9. The molecule has 6 heteroatoms. The van der Waals surface area contributed by atoms with Crippen LogP contribution < -0.4 is 0 Å². The Morgan fingerprint density at radius 2 is 2.03 bits per heavy atom. The second kappa shape index (κ2) is 9.96. The van der Waals surface area contributed by atoms with Gasteiger partial charge in [0.2, 0.25) is 0 Å². The van der Waals surface area contributed by atoms with Crippen LogP contribution in [0.5, 0.6) is 0 Å². The summed E-state index contributed by atoms with van der Waals surface area (Å²) in [7, 11) is 3.52. The number of hydrogen-bond donors (Lipinski definition) is 2. The molecule has 2 N–H and O–H groups in total. The standard InChI is InChI=1S/C29H35N3O3/c1-32(15-6-9-27-30-25-13-11-21(28(33)35-2)17-26(25)31-27)16-14-29(34)19-22-10-12-23(29)18-24(22)20-7-4-3-5-8-20/h3-5,7-8,11,13,17-18,22-23,34H,6,9-10,12,14-16,19H2,1-2H3,(H,30,31)/t22-,23-,29+/m0/s1. The number of aryl methyl sites for hydroxylation is 1. The number of hydrogen-bond acceptors (Lipinski definition) is 5.